The van der Waals surface area contributed by atoms with Gasteiger partial charge in [0.05, 0.1) is 10.0 Å². The molecule has 0 saturated carbocycles. The van der Waals surface area contributed by atoms with Crippen molar-refractivity contribution in [2.45, 2.75) is 40.7 Å². The zero-order valence-corrected chi connectivity index (χ0v) is 11.8. The lowest BCUT2D eigenvalue weighted by Gasteiger charge is -2.16. The van der Waals surface area contributed by atoms with E-state index in [2.05, 4.69) is 19.2 Å². The quantitative estimate of drug-likeness (QED) is 0.848. The molecule has 0 heterocycles. The minimum atomic E-state index is -0.114. The van der Waals surface area contributed by atoms with Gasteiger partial charge in [-0.05, 0) is 37.5 Å². The van der Waals surface area contributed by atoms with Gasteiger partial charge in [-0.15, -0.1) is 0 Å². The van der Waals surface area contributed by atoms with Crippen molar-refractivity contribution in [3.63, 3.8) is 0 Å². The van der Waals surface area contributed by atoms with Gasteiger partial charge in [0, 0.05) is 11.6 Å². The van der Waals surface area contributed by atoms with Gasteiger partial charge in [0.25, 0.3) is 5.91 Å². The summed E-state index contributed by atoms with van der Waals surface area (Å²) in [5.41, 5.74) is 0.537. The number of halogens is 2. The van der Waals surface area contributed by atoms with Crippen molar-refractivity contribution in [3.8, 4) is 0 Å². The van der Waals surface area contributed by atoms with Gasteiger partial charge in [0.1, 0.15) is 0 Å². The van der Waals surface area contributed by atoms with Crippen LogP contribution in [0.4, 0.5) is 0 Å². The Hall–Kier alpha value is -0.730. The van der Waals surface area contributed by atoms with Gasteiger partial charge in [-0.2, -0.15) is 0 Å². The van der Waals surface area contributed by atoms with Gasteiger partial charge in [0.2, 0.25) is 0 Å². The maximum absolute atomic E-state index is 11.9. The molecule has 1 N–H and O–H groups in total. The fraction of sp³-hybridized carbons (Fsp3) is 0.500. The summed E-state index contributed by atoms with van der Waals surface area (Å²) in [6.45, 7) is 6.25. The Kier molecular flexibility index (Phi) is 7.34. The van der Waals surface area contributed by atoms with Crippen LogP contribution in [0, 0.1) is 5.92 Å². The lowest BCUT2D eigenvalue weighted by Crippen LogP contribution is -2.33. The van der Waals surface area contributed by atoms with E-state index in [1.807, 2.05) is 6.92 Å². The van der Waals surface area contributed by atoms with Crippen molar-refractivity contribution in [3.05, 3.63) is 33.8 Å². The van der Waals surface area contributed by atoms with E-state index >= 15 is 0 Å². The van der Waals surface area contributed by atoms with Gasteiger partial charge >= 0.3 is 0 Å². The molecule has 1 aromatic rings. The summed E-state index contributed by atoms with van der Waals surface area (Å²) < 4.78 is 0. The fourth-order valence-corrected chi connectivity index (χ4v) is 2.01. The molecule has 0 aromatic heterocycles. The van der Waals surface area contributed by atoms with E-state index in [4.69, 9.17) is 23.2 Å². The largest absolute Gasteiger partial charge is 0.350 e. The SMILES string of the molecule is C.CC(C)C[C@@H](C)NC(=O)c1ccc(Cl)c(Cl)c1. The number of nitrogens with one attached hydrogen (secondary N) is 1. The maximum Gasteiger partial charge on any atom is 0.251 e. The smallest absolute Gasteiger partial charge is 0.251 e. The summed E-state index contributed by atoms with van der Waals surface area (Å²) in [5, 5.41) is 3.79. The molecule has 0 unspecified atom stereocenters. The Labute approximate surface area is 120 Å². The van der Waals surface area contributed by atoms with Gasteiger partial charge in [0.15, 0.2) is 0 Å². The predicted octanol–water partition coefficient (Wildman–Crippen LogP) is 4.79. The van der Waals surface area contributed by atoms with Gasteiger partial charge in [-0.1, -0.05) is 44.5 Å². The number of amides is 1. The first kappa shape index (κ1) is 17.3. The van der Waals surface area contributed by atoms with Crippen LogP contribution in [0.2, 0.25) is 10.0 Å². The maximum atomic E-state index is 11.9. The van der Waals surface area contributed by atoms with Crippen LogP contribution in [0.5, 0.6) is 0 Å². The van der Waals surface area contributed by atoms with Crippen LogP contribution >= 0.6 is 23.2 Å². The molecule has 18 heavy (non-hydrogen) atoms. The van der Waals surface area contributed by atoms with E-state index in [1.54, 1.807) is 18.2 Å². The first-order valence-electron chi connectivity index (χ1n) is 5.66. The molecule has 0 spiro atoms. The topological polar surface area (TPSA) is 29.1 Å². The van der Waals surface area contributed by atoms with Crippen LogP contribution in [-0.2, 0) is 0 Å². The second-order valence-electron chi connectivity index (χ2n) is 4.63. The molecule has 1 amide bonds. The zero-order chi connectivity index (χ0) is 13.0. The van der Waals surface area contributed by atoms with Crippen LogP contribution in [0.25, 0.3) is 0 Å². The molecule has 0 saturated heterocycles. The van der Waals surface area contributed by atoms with E-state index in [0.717, 1.165) is 6.42 Å². The third kappa shape index (κ3) is 5.28. The molecule has 1 aromatic carbocycles. The highest BCUT2D eigenvalue weighted by Crippen LogP contribution is 2.22. The highest BCUT2D eigenvalue weighted by atomic mass is 35.5. The normalized spacial score (nSPS) is 11.9. The second-order valence-corrected chi connectivity index (χ2v) is 5.45. The first-order valence-corrected chi connectivity index (χ1v) is 6.41. The van der Waals surface area contributed by atoms with Crippen molar-refractivity contribution < 1.29 is 4.79 Å². The molecule has 0 bridgehead atoms. The standard InChI is InChI=1S/C13H17Cl2NO.CH4/c1-8(2)6-9(3)16-13(17)10-4-5-11(14)12(15)7-10;/h4-5,7-9H,6H2,1-3H3,(H,16,17);1H4/t9-;/m1./s1. The van der Waals surface area contributed by atoms with Crippen LogP contribution in [0.15, 0.2) is 18.2 Å². The molecule has 4 heteroatoms. The molecular weight excluding hydrogens is 269 g/mol. The number of carbonyl (C=O) groups excluding carboxylic acids is 1. The van der Waals surface area contributed by atoms with Crippen LogP contribution in [0.1, 0.15) is 45.0 Å². The van der Waals surface area contributed by atoms with Crippen molar-refractivity contribution in [2.24, 2.45) is 5.92 Å². The first-order chi connectivity index (χ1) is 7.90. The Bertz CT molecular complexity index is 405. The van der Waals surface area contributed by atoms with Crippen LogP contribution in [0.3, 0.4) is 0 Å². The Morgan fingerprint density at radius 1 is 1.22 bits per heavy atom. The third-order valence-electron chi connectivity index (χ3n) is 2.38. The average Bonchev–Trinajstić information content (AvgIpc) is 2.20. The van der Waals surface area contributed by atoms with Crippen molar-refractivity contribution in [1.29, 1.82) is 0 Å². The fourth-order valence-electron chi connectivity index (χ4n) is 1.71. The molecule has 0 radical (unpaired) electrons. The van der Waals surface area contributed by atoms with Crippen molar-refractivity contribution in [2.75, 3.05) is 0 Å². The molecule has 102 valence electrons. The summed E-state index contributed by atoms with van der Waals surface area (Å²) in [7, 11) is 0. The van der Waals surface area contributed by atoms with Gasteiger partial charge in [-0.3, -0.25) is 4.79 Å². The van der Waals surface area contributed by atoms with Crippen LogP contribution in [-0.4, -0.2) is 11.9 Å². The number of carbonyl (C=O) groups is 1. The highest BCUT2D eigenvalue weighted by Gasteiger charge is 2.12. The number of benzene rings is 1. The Balaban J connectivity index is 0.00000289. The molecule has 2 nitrogen and oxygen atoms in total. The Morgan fingerprint density at radius 2 is 1.83 bits per heavy atom. The average molecular weight is 290 g/mol. The molecule has 0 aliphatic carbocycles. The second kappa shape index (κ2) is 7.65. The van der Waals surface area contributed by atoms with Crippen LogP contribution < -0.4 is 5.32 Å². The minimum absolute atomic E-state index is 0. The lowest BCUT2D eigenvalue weighted by atomic mass is 10.0. The van der Waals surface area contributed by atoms with Gasteiger partial charge in [-0.25, -0.2) is 0 Å². The van der Waals surface area contributed by atoms with E-state index in [0.29, 0.717) is 21.5 Å². The minimum Gasteiger partial charge on any atom is -0.350 e. The summed E-state index contributed by atoms with van der Waals surface area (Å²) >= 11 is 11.7. The highest BCUT2D eigenvalue weighted by molar-refractivity contribution is 6.42. The zero-order valence-electron chi connectivity index (χ0n) is 10.3. The van der Waals surface area contributed by atoms with Crippen molar-refractivity contribution in [1.82, 2.24) is 5.32 Å². The lowest BCUT2D eigenvalue weighted by molar-refractivity contribution is 0.0936. The molecule has 1 atom stereocenters. The monoisotopic (exact) mass is 289 g/mol. The summed E-state index contributed by atoms with van der Waals surface area (Å²) in [4.78, 5) is 11.9. The van der Waals surface area contributed by atoms with E-state index in [-0.39, 0.29) is 19.4 Å². The Morgan fingerprint density at radius 3 is 2.33 bits per heavy atom. The predicted molar refractivity (Wildman–Crippen MR) is 79.6 cm³/mol. The number of rotatable bonds is 4. The van der Waals surface area contributed by atoms with Crippen molar-refractivity contribution >= 4 is 29.1 Å². The summed E-state index contributed by atoms with van der Waals surface area (Å²) in [5.74, 6) is 0.441. The molecule has 1 rings (SSSR count). The van der Waals surface area contributed by atoms with E-state index in [9.17, 15) is 4.79 Å². The summed E-state index contributed by atoms with van der Waals surface area (Å²) in [6, 6.07) is 5.04. The molecular formula is C14H21Cl2NO. The molecule has 0 aliphatic rings. The summed E-state index contributed by atoms with van der Waals surface area (Å²) in [6.07, 6.45) is 0.951. The van der Waals surface area contributed by atoms with Gasteiger partial charge < -0.3 is 5.32 Å². The third-order valence-corrected chi connectivity index (χ3v) is 3.12. The number of hydrogen-bond acceptors (Lipinski definition) is 1. The number of hydrogen-bond donors (Lipinski definition) is 1. The molecule has 0 fully saturated rings. The van der Waals surface area contributed by atoms with E-state index in [1.165, 1.54) is 0 Å². The van der Waals surface area contributed by atoms with E-state index < -0.39 is 0 Å². The molecule has 0 aliphatic heterocycles.